The Bertz CT molecular complexity index is 2320. The minimum Gasteiger partial charge on any atom is -0.305 e. The van der Waals surface area contributed by atoms with Gasteiger partial charge in [-0.2, -0.15) is 11.3 Å². The van der Waals surface area contributed by atoms with Crippen LogP contribution in [0.5, 0.6) is 0 Å². The van der Waals surface area contributed by atoms with Crippen LogP contribution in [0.3, 0.4) is 0 Å². The number of hydrogen-bond donors (Lipinski definition) is 0. The standard InChI is InChI=1S/C29H24NS.C21H28NSi.Ir/c1-3-8-20(9-4-1)22-16-17-30-27(18-22)23-14-15-25-26-13-7-12-24(21-10-5-2-6-11-21)29(26)31-28(25)19-23;1-23(2,3)21-16-22-20(18-12-8-5-9-13-18)15-19(21)14-17-10-6-4-7-11-17;/h2,5-7,10-18,20H,1,3-4,8-9H2;5,8-9,12,15-17H,4,6-7,10-11,14H2,1-3H3;/q2*-1;. The zero-order valence-corrected chi connectivity index (χ0v) is 36.8. The van der Waals surface area contributed by atoms with Gasteiger partial charge in [0.15, 0.2) is 0 Å². The average molecular weight is 933 g/mol. The monoisotopic (exact) mass is 933 g/mol. The van der Waals surface area contributed by atoms with E-state index in [0.717, 1.165) is 28.4 Å². The summed E-state index contributed by atoms with van der Waals surface area (Å²) in [7, 11) is -1.36. The number of benzene rings is 4. The SMILES string of the molecule is C[Si](C)(C)c1cnc(-c2[c-]cccc2)cc1CC1CCCCC1.[Ir].[c-]1c(-c2cc(C3CCCCC3)ccn2)ccc2c1sc1c(-c3ccccc3)cccc12. The number of aromatic nitrogens is 2. The van der Waals surface area contributed by atoms with Crippen LogP contribution in [-0.2, 0) is 26.5 Å². The molecule has 0 N–H and O–H groups in total. The molecule has 2 saturated carbocycles. The third-order valence-electron chi connectivity index (χ3n) is 11.7. The molecule has 7 aromatic rings. The minimum atomic E-state index is -1.36. The molecule has 2 aliphatic rings. The first kappa shape index (κ1) is 39.5. The van der Waals surface area contributed by atoms with Crippen LogP contribution < -0.4 is 5.19 Å². The van der Waals surface area contributed by atoms with Gasteiger partial charge in [-0.15, -0.1) is 59.7 Å². The zero-order chi connectivity index (χ0) is 36.9. The number of fused-ring (bicyclic) bond motifs is 3. The molecule has 55 heavy (non-hydrogen) atoms. The second kappa shape index (κ2) is 18.0. The minimum absolute atomic E-state index is 0. The molecule has 1 radical (unpaired) electrons. The first-order valence-corrected chi connectivity index (χ1v) is 24.6. The first-order valence-electron chi connectivity index (χ1n) is 20.3. The molecular weight excluding hydrogens is 881 g/mol. The molecule has 0 saturated heterocycles. The second-order valence-electron chi connectivity index (χ2n) is 16.5. The van der Waals surface area contributed by atoms with Gasteiger partial charge < -0.3 is 9.97 Å². The summed E-state index contributed by atoms with van der Waals surface area (Å²) < 4.78 is 2.54. The molecule has 5 heteroatoms. The van der Waals surface area contributed by atoms with Gasteiger partial charge >= 0.3 is 0 Å². The van der Waals surface area contributed by atoms with Crippen molar-refractivity contribution >= 4 is 44.8 Å². The van der Waals surface area contributed by atoms with Gasteiger partial charge in [0.1, 0.15) is 0 Å². The molecule has 0 aliphatic heterocycles. The Hall–Kier alpha value is -3.73. The van der Waals surface area contributed by atoms with Crippen molar-refractivity contribution in [2.45, 2.75) is 96.2 Å². The number of rotatable bonds is 7. The van der Waals surface area contributed by atoms with E-state index >= 15 is 0 Å². The number of pyridine rings is 2. The van der Waals surface area contributed by atoms with E-state index in [-0.39, 0.29) is 20.1 Å². The maximum Gasteiger partial charge on any atom is 0.0798 e. The Balaban J connectivity index is 0.000000174. The molecule has 9 rings (SSSR count). The van der Waals surface area contributed by atoms with Gasteiger partial charge in [-0.05, 0) is 75.0 Å². The van der Waals surface area contributed by atoms with Crippen molar-refractivity contribution in [3.05, 3.63) is 139 Å². The van der Waals surface area contributed by atoms with Gasteiger partial charge in [-0.25, -0.2) is 0 Å². The summed E-state index contributed by atoms with van der Waals surface area (Å²) in [5.74, 6) is 1.56. The van der Waals surface area contributed by atoms with E-state index in [1.165, 1.54) is 107 Å². The Morgan fingerprint density at radius 3 is 2.18 bits per heavy atom. The largest absolute Gasteiger partial charge is 0.305 e. The van der Waals surface area contributed by atoms with Crippen LogP contribution in [0.2, 0.25) is 19.6 Å². The second-order valence-corrected chi connectivity index (χ2v) is 22.6. The molecule has 0 spiro atoms. The Labute approximate surface area is 347 Å². The van der Waals surface area contributed by atoms with E-state index in [2.05, 4.69) is 129 Å². The van der Waals surface area contributed by atoms with Crippen molar-refractivity contribution in [2.75, 3.05) is 0 Å². The molecule has 2 fully saturated rings. The summed E-state index contributed by atoms with van der Waals surface area (Å²) in [6, 6.07) is 43.8. The molecule has 3 aromatic heterocycles. The van der Waals surface area contributed by atoms with Gasteiger partial charge in [-0.1, -0.05) is 148 Å². The fraction of sp³-hybridized carbons (Fsp3) is 0.320. The van der Waals surface area contributed by atoms with E-state index in [0.29, 0.717) is 5.92 Å². The van der Waals surface area contributed by atoms with Gasteiger partial charge in [0.25, 0.3) is 0 Å². The van der Waals surface area contributed by atoms with Gasteiger partial charge in [0, 0.05) is 37.2 Å². The summed E-state index contributed by atoms with van der Waals surface area (Å²) in [5, 5.41) is 4.14. The maximum atomic E-state index is 4.77. The number of thiophene rings is 1. The van der Waals surface area contributed by atoms with E-state index in [9.17, 15) is 0 Å². The molecule has 0 bridgehead atoms. The Morgan fingerprint density at radius 1 is 0.691 bits per heavy atom. The van der Waals surface area contributed by atoms with Crippen LogP contribution in [0.25, 0.3) is 53.8 Å². The molecule has 2 aliphatic carbocycles. The van der Waals surface area contributed by atoms with Crippen LogP contribution in [0, 0.1) is 18.1 Å². The summed E-state index contributed by atoms with van der Waals surface area (Å²) >= 11 is 1.84. The molecule has 0 amide bonds. The molecule has 0 atom stereocenters. The van der Waals surface area contributed by atoms with Gasteiger partial charge in [0.05, 0.1) is 8.07 Å². The van der Waals surface area contributed by atoms with Crippen LogP contribution >= 0.6 is 11.3 Å². The summed E-state index contributed by atoms with van der Waals surface area (Å²) in [6.45, 7) is 7.30. The van der Waals surface area contributed by atoms with Crippen LogP contribution in [0.15, 0.2) is 116 Å². The zero-order valence-electron chi connectivity index (χ0n) is 32.5. The third kappa shape index (κ3) is 9.29. The van der Waals surface area contributed by atoms with Crippen molar-refractivity contribution < 1.29 is 20.1 Å². The molecule has 0 unspecified atom stereocenters. The molecule has 2 nitrogen and oxygen atoms in total. The number of hydrogen-bond acceptors (Lipinski definition) is 3. The van der Waals surface area contributed by atoms with Crippen molar-refractivity contribution in [1.29, 1.82) is 0 Å². The normalized spacial score (nSPS) is 15.3. The fourth-order valence-electron chi connectivity index (χ4n) is 8.75. The fourth-order valence-corrected chi connectivity index (χ4v) is 11.6. The van der Waals surface area contributed by atoms with Crippen molar-refractivity contribution in [3.63, 3.8) is 0 Å². The topological polar surface area (TPSA) is 25.8 Å². The molecule has 283 valence electrons. The van der Waals surface area contributed by atoms with Crippen LogP contribution in [-0.4, -0.2) is 18.0 Å². The third-order valence-corrected chi connectivity index (χ3v) is 14.9. The van der Waals surface area contributed by atoms with Gasteiger partial charge in [-0.3, -0.25) is 0 Å². The predicted octanol–water partition coefficient (Wildman–Crippen LogP) is 13.8. The molecular formula is C50H52IrN2SSi-2. The van der Waals surface area contributed by atoms with Crippen LogP contribution in [0.4, 0.5) is 0 Å². The summed E-state index contributed by atoms with van der Waals surface area (Å²) in [5.41, 5.74) is 9.90. The Kier molecular flexibility index (Phi) is 12.9. The first-order chi connectivity index (χ1) is 26.4. The van der Waals surface area contributed by atoms with Crippen molar-refractivity contribution in [1.82, 2.24) is 9.97 Å². The van der Waals surface area contributed by atoms with E-state index in [1.807, 2.05) is 29.7 Å². The van der Waals surface area contributed by atoms with Crippen molar-refractivity contribution in [2.24, 2.45) is 5.92 Å². The summed E-state index contributed by atoms with van der Waals surface area (Å²) in [6.07, 6.45) is 19.2. The predicted molar refractivity (Wildman–Crippen MR) is 234 cm³/mol. The quantitative estimate of drug-likeness (QED) is 0.118. The van der Waals surface area contributed by atoms with E-state index < -0.39 is 8.07 Å². The van der Waals surface area contributed by atoms with Crippen LogP contribution in [0.1, 0.15) is 81.3 Å². The van der Waals surface area contributed by atoms with Gasteiger partial charge in [0.2, 0.25) is 0 Å². The smallest absolute Gasteiger partial charge is 0.0798 e. The Morgan fingerprint density at radius 2 is 1.44 bits per heavy atom. The summed E-state index contributed by atoms with van der Waals surface area (Å²) in [4.78, 5) is 9.48. The molecule has 4 aromatic carbocycles. The van der Waals surface area contributed by atoms with E-state index in [1.54, 1.807) is 10.8 Å². The maximum absolute atomic E-state index is 4.77. The average Bonchev–Trinajstić information content (AvgIpc) is 3.60. The number of nitrogens with zero attached hydrogens (tertiary/aromatic N) is 2. The van der Waals surface area contributed by atoms with E-state index in [4.69, 9.17) is 9.97 Å². The molecule has 3 heterocycles. The van der Waals surface area contributed by atoms with Crippen molar-refractivity contribution in [3.8, 4) is 33.6 Å².